The van der Waals surface area contributed by atoms with E-state index in [9.17, 15) is 4.79 Å². The quantitative estimate of drug-likeness (QED) is 0.291. The minimum Gasteiger partial charge on any atom is -0.465 e. The molecule has 5 heteroatoms. The highest BCUT2D eigenvalue weighted by molar-refractivity contribution is 7.10. The first-order valence-electron chi connectivity index (χ1n) is 8.58. The molecule has 1 aromatic rings. The lowest BCUT2D eigenvalue weighted by Crippen LogP contribution is -2.20. The minimum atomic E-state index is -0.0525. The lowest BCUT2D eigenvalue weighted by atomic mass is 10.1. The van der Waals surface area contributed by atoms with Crippen molar-refractivity contribution in [1.29, 1.82) is 5.41 Å². The number of allylic oxidation sites excluding steroid dienone is 3. The molecule has 0 spiro atoms. The lowest BCUT2D eigenvalue weighted by molar-refractivity contribution is -0.147. The summed E-state index contributed by atoms with van der Waals surface area (Å²) in [6, 6.07) is 4.12. The minimum absolute atomic E-state index is 0.0505. The van der Waals surface area contributed by atoms with Gasteiger partial charge in [-0.25, -0.2) is 0 Å². The molecule has 4 nitrogen and oxygen atoms in total. The Kier molecular flexibility index (Phi) is 8.49. The summed E-state index contributed by atoms with van der Waals surface area (Å²) in [4.78, 5) is 13.0. The summed E-state index contributed by atoms with van der Waals surface area (Å²) in [5, 5.41) is 12.5. The molecular formula is C19H26N2O2S. The summed E-state index contributed by atoms with van der Waals surface area (Å²) < 4.78 is 5.33. The smallest absolute Gasteiger partial charge is 0.310 e. The van der Waals surface area contributed by atoms with Gasteiger partial charge >= 0.3 is 5.97 Å². The predicted molar refractivity (Wildman–Crippen MR) is 101 cm³/mol. The third-order valence-corrected chi connectivity index (χ3v) is 4.89. The van der Waals surface area contributed by atoms with Crippen molar-refractivity contribution in [3.8, 4) is 0 Å². The molecule has 0 amide bonds. The lowest BCUT2D eigenvalue weighted by Gasteiger charge is -2.09. The Morgan fingerprint density at radius 2 is 2.33 bits per heavy atom. The SMILES string of the molecule is N=C/C=C(/C=C/c1cccs1)CCCCCOC(=O)[C@@H]1CCNC1. The molecular weight excluding hydrogens is 320 g/mol. The van der Waals surface area contributed by atoms with Crippen LogP contribution in [0.15, 0.2) is 35.2 Å². The van der Waals surface area contributed by atoms with Crippen molar-refractivity contribution < 1.29 is 9.53 Å². The number of hydrogen-bond donors (Lipinski definition) is 2. The average molecular weight is 346 g/mol. The molecule has 1 atom stereocenters. The molecule has 1 aromatic heterocycles. The zero-order chi connectivity index (χ0) is 17.0. The van der Waals surface area contributed by atoms with Crippen LogP contribution >= 0.6 is 11.3 Å². The van der Waals surface area contributed by atoms with E-state index in [-0.39, 0.29) is 11.9 Å². The van der Waals surface area contributed by atoms with Crippen LogP contribution in [0.3, 0.4) is 0 Å². The van der Waals surface area contributed by atoms with Gasteiger partial charge < -0.3 is 15.5 Å². The molecule has 0 unspecified atom stereocenters. The van der Waals surface area contributed by atoms with Gasteiger partial charge in [0.25, 0.3) is 0 Å². The van der Waals surface area contributed by atoms with E-state index >= 15 is 0 Å². The van der Waals surface area contributed by atoms with Gasteiger partial charge in [0.15, 0.2) is 0 Å². The summed E-state index contributed by atoms with van der Waals surface area (Å²) >= 11 is 1.71. The fraction of sp³-hybridized carbons (Fsp3) is 0.474. The highest BCUT2D eigenvalue weighted by atomic mass is 32.1. The summed E-state index contributed by atoms with van der Waals surface area (Å²) in [6.45, 7) is 2.19. The van der Waals surface area contributed by atoms with Crippen molar-refractivity contribution in [1.82, 2.24) is 5.32 Å². The molecule has 2 heterocycles. The van der Waals surface area contributed by atoms with E-state index in [2.05, 4.69) is 28.9 Å². The molecule has 0 saturated carbocycles. The van der Waals surface area contributed by atoms with Gasteiger partial charge in [0, 0.05) is 17.6 Å². The Balaban J connectivity index is 1.60. The molecule has 1 aliphatic heterocycles. The fourth-order valence-corrected chi connectivity index (χ4v) is 3.28. The highest BCUT2D eigenvalue weighted by Crippen LogP contribution is 2.16. The zero-order valence-electron chi connectivity index (χ0n) is 14.0. The first kappa shape index (κ1) is 18.6. The second kappa shape index (κ2) is 10.9. The summed E-state index contributed by atoms with van der Waals surface area (Å²) in [5.41, 5.74) is 1.16. The van der Waals surface area contributed by atoms with Crippen LogP contribution in [-0.2, 0) is 9.53 Å². The first-order valence-corrected chi connectivity index (χ1v) is 9.46. The van der Waals surface area contributed by atoms with E-state index in [0.717, 1.165) is 50.8 Å². The topological polar surface area (TPSA) is 62.2 Å². The molecule has 130 valence electrons. The van der Waals surface area contributed by atoms with Crippen LogP contribution < -0.4 is 5.32 Å². The highest BCUT2D eigenvalue weighted by Gasteiger charge is 2.23. The van der Waals surface area contributed by atoms with Gasteiger partial charge in [-0.15, -0.1) is 11.3 Å². The number of hydrogen-bond acceptors (Lipinski definition) is 5. The molecule has 1 saturated heterocycles. The van der Waals surface area contributed by atoms with Crippen molar-refractivity contribution in [3.05, 3.63) is 40.1 Å². The van der Waals surface area contributed by atoms with Gasteiger partial charge in [0.05, 0.1) is 12.5 Å². The van der Waals surface area contributed by atoms with Crippen LogP contribution in [0, 0.1) is 11.3 Å². The second-order valence-electron chi connectivity index (χ2n) is 5.92. The van der Waals surface area contributed by atoms with E-state index in [1.165, 1.54) is 11.1 Å². The molecule has 2 N–H and O–H groups in total. The largest absolute Gasteiger partial charge is 0.465 e. The van der Waals surface area contributed by atoms with Gasteiger partial charge in [0.1, 0.15) is 0 Å². The fourth-order valence-electron chi connectivity index (χ4n) is 2.66. The predicted octanol–water partition coefficient (Wildman–Crippen LogP) is 4.05. The van der Waals surface area contributed by atoms with Crippen LogP contribution in [0.25, 0.3) is 6.08 Å². The van der Waals surface area contributed by atoms with E-state index < -0.39 is 0 Å². The number of unbranched alkanes of at least 4 members (excludes halogenated alkanes) is 2. The van der Waals surface area contributed by atoms with Crippen molar-refractivity contribution in [2.75, 3.05) is 19.7 Å². The third-order valence-electron chi connectivity index (χ3n) is 4.05. The maximum absolute atomic E-state index is 11.8. The maximum Gasteiger partial charge on any atom is 0.310 e. The van der Waals surface area contributed by atoms with Gasteiger partial charge in [-0.05, 0) is 67.8 Å². The van der Waals surface area contributed by atoms with Crippen molar-refractivity contribution in [3.63, 3.8) is 0 Å². The molecule has 0 bridgehead atoms. The Hall–Kier alpha value is -1.72. The maximum atomic E-state index is 11.8. The molecule has 24 heavy (non-hydrogen) atoms. The Labute approximate surface area is 148 Å². The van der Waals surface area contributed by atoms with Crippen molar-refractivity contribution in [2.24, 2.45) is 5.92 Å². The second-order valence-corrected chi connectivity index (χ2v) is 6.90. The normalized spacial score (nSPS) is 18.2. The summed E-state index contributed by atoms with van der Waals surface area (Å²) in [7, 11) is 0. The average Bonchev–Trinajstić information content (AvgIpc) is 3.29. The van der Waals surface area contributed by atoms with Gasteiger partial charge in [-0.3, -0.25) is 4.79 Å². The van der Waals surface area contributed by atoms with Crippen LogP contribution in [0.2, 0.25) is 0 Å². The Bertz CT molecular complexity index is 558. The molecule has 2 rings (SSSR count). The van der Waals surface area contributed by atoms with Crippen molar-refractivity contribution >= 4 is 29.6 Å². The van der Waals surface area contributed by atoms with E-state index in [1.807, 2.05) is 12.1 Å². The van der Waals surface area contributed by atoms with E-state index in [1.54, 1.807) is 11.3 Å². The number of carbonyl (C=O) groups is 1. The Morgan fingerprint density at radius 1 is 1.42 bits per heavy atom. The van der Waals surface area contributed by atoms with E-state index in [4.69, 9.17) is 10.1 Å². The number of esters is 1. The monoisotopic (exact) mass is 346 g/mol. The third kappa shape index (κ3) is 6.81. The van der Waals surface area contributed by atoms with Crippen molar-refractivity contribution in [2.45, 2.75) is 32.1 Å². The van der Waals surface area contributed by atoms with Crippen LogP contribution in [-0.4, -0.2) is 31.9 Å². The van der Waals surface area contributed by atoms with Gasteiger partial charge in [-0.2, -0.15) is 0 Å². The molecule has 1 fully saturated rings. The molecule has 0 radical (unpaired) electrons. The van der Waals surface area contributed by atoms with Gasteiger partial charge in [-0.1, -0.05) is 12.1 Å². The number of rotatable bonds is 10. The molecule has 1 aliphatic rings. The standard InChI is InChI=1S/C19H26N2O2S/c20-11-9-16(7-8-18-6-4-14-24-18)5-2-1-3-13-23-19(22)17-10-12-21-15-17/h4,6-9,11,14,17,20-21H,1-3,5,10,12-13,15H2/b8-7+,16-9+,20-11?/t17-/m1/s1. The van der Waals surface area contributed by atoms with Crippen LogP contribution in [0.5, 0.6) is 0 Å². The summed E-state index contributed by atoms with van der Waals surface area (Å²) in [5.74, 6) is -0.00205. The number of ether oxygens (including phenoxy) is 1. The van der Waals surface area contributed by atoms with Gasteiger partial charge in [0.2, 0.25) is 0 Å². The Morgan fingerprint density at radius 3 is 3.04 bits per heavy atom. The number of carbonyl (C=O) groups excluding carboxylic acids is 1. The number of nitrogens with one attached hydrogen (secondary N) is 2. The van der Waals surface area contributed by atoms with Crippen LogP contribution in [0.1, 0.15) is 37.0 Å². The molecule has 0 aliphatic carbocycles. The van der Waals surface area contributed by atoms with Crippen LogP contribution in [0.4, 0.5) is 0 Å². The van der Waals surface area contributed by atoms with E-state index in [0.29, 0.717) is 6.61 Å². The zero-order valence-corrected chi connectivity index (χ0v) is 14.8. The summed E-state index contributed by atoms with van der Waals surface area (Å²) in [6.07, 6.45) is 12.2. The number of thiophene rings is 1. The molecule has 0 aromatic carbocycles. The first-order chi connectivity index (χ1) is 11.8.